The van der Waals surface area contributed by atoms with Crippen molar-refractivity contribution in [3.05, 3.63) is 41.0 Å². The third kappa shape index (κ3) is 3.02. The highest BCUT2D eigenvalue weighted by Gasteiger charge is 2.40. The van der Waals surface area contributed by atoms with Gasteiger partial charge in [-0.2, -0.15) is 0 Å². The zero-order chi connectivity index (χ0) is 16.5. The van der Waals surface area contributed by atoms with Gasteiger partial charge in [0.15, 0.2) is 0 Å². The second-order valence-electron chi connectivity index (χ2n) is 7.56. The van der Waals surface area contributed by atoms with Gasteiger partial charge >= 0.3 is 0 Å². The summed E-state index contributed by atoms with van der Waals surface area (Å²) in [6.07, 6.45) is 9.24. The zero-order valence-electron chi connectivity index (χ0n) is 14.7. The fourth-order valence-electron chi connectivity index (χ4n) is 4.74. The highest BCUT2D eigenvalue weighted by molar-refractivity contribution is 5.76. The average molecular weight is 324 g/mol. The Bertz CT molecular complexity index is 637. The number of piperazine rings is 1. The molecule has 3 heteroatoms. The molecule has 0 saturated carbocycles. The quantitative estimate of drug-likeness (QED) is 0.850. The highest BCUT2D eigenvalue weighted by Crippen LogP contribution is 2.33. The number of hydrogen-bond donors (Lipinski definition) is 0. The number of carbonyl (C=O) groups excluding carboxylic acids is 1. The lowest BCUT2D eigenvalue weighted by atomic mass is 10.0. The Morgan fingerprint density at radius 3 is 2.62 bits per heavy atom. The van der Waals surface area contributed by atoms with E-state index >= 15 is 0 Å². The highest BCUT2D eigenvalue weighted by atomic mass is 16.2. The van der Waals surface area contributed by atoms with Crippen LogP contribution < -0.4 is 0 Å². The van der Waals surface area contributed by atoms with Gasteiger partial charge in [0.2, 0.25) is 5.91 Å². The molecule has 2 saturated heterocycles. The van der Waals surface area contributed by atoms with Crippen molar-refractivity contribution in [3.63, 3.8) is 0 Å². The van der Waals surface area contributed by atoms with Crippen LogP contribution in [0.1, 0.15) is 50.2 Å². The number of rotatable bonds is 3. The number of amides is 1. The van der Waals surface area contributed by atoms with Crippen LogP contribution in [0.25, 0.3) is 6.08 Å². The Labute approximate surface area is 145 Å². The van der Waals surface area contributed by atoms with Gasteiger partial charge in [-0.05, 0) is 43.2 Å². The molecule has 3 aliphatic rings. The van der Waals surface area contributed by atoms with E-state index in [1.54, 1.807) is 5.57 Å². The maximum absolute atomic E-state index is 12.1. The van der Waals surface area contributed by atoms with Crippen LogP contribution in [-0.4, -0.2) is 47.4 Å². The van der Waals surface area contributed by atoms with Crippen LogP contribution in [0.3, 0.4) is 0 Å². The van der Waals surface area contributed by atoms with Gasteiger partial charge in [-0.15, -0.1) is 0 Å². The minimum absolute atomic E-state index is 0.328. The number of benzene rings is 1. The molecule has 2 fully saturated rings. The van der Waals surface area contributed by atoms with Crippen molar-refractivity contribution in [2.75, 3.05) is 19.6 Å². The number of hydrogen-bond acceptors (Lipinski definition) is 2. The second kappa shape index (κ2) is 6.72. The zero-order valence-corrected chi connectivity index (χ0v) is 14.7. The maximum Gasteiger partial charge on any atom is 0.222 e. The van der Waals surface area contributed by atoms with Gasteiger partial charge in [-0.3, -0.25) is 9.69 Å². The van der Waals surface area contributed by atoms with Crippen molar-refractivity contribution in [2.24, 2.45) is 0 Å². The Morgan fingerprint density at radius 1 is 1.12 bits per heavy atom. The van der Waals surface area contributed by atoms with Crippen LogP contribution >= 0.6 is 0 Å². The molecule has 128 valence electrons. The maximum atomic E-state index is 12.1. The first-order chi connectivity index (χ1) is 11.7. The van der Waals surface area contributed by atoms with E-state index in [4.69, 9.17) is 0 Å². The normalized spacial score (nSPS) is 26.7. The molecule has 0 radical (unpaired) electrons. The minimum atomic E-state index is 0.328. The smallest absolute Gasteiger partial charge is 0.222 e. The molecule has 2 bridgehead atoms. The topological polar surface area (TPSA) is 23.6 Å². The van der Waals surface area contributed by atoms with Gasteiger partial charge in [0.25, 0.3) is 0 Å². The first kappa shape index (κ1) is 15.9. The largest absolute Gasteiger partial charge is 0.340 e. The van der Waals surface area contributed by atoms with Gasteiger partial charge in [-0.25, -0.2) is 0 Å². The van der Waals surface area contributed by atoms with E-state index < -0.39 is 0 Å². The van der Waals surface area contributed by atoms with E-state index in [1.165, 1.54) is 43.2 Å². The molecule has 1 aromatic carbocycles. The van der Waals surface area contributed by atoms with E-state index in [0.717, 1.165) is 19.6 Å². The Morgan fingerprint density at radius 2 is 1.88 bits per heavy atom. The first-order valence-electron chi connectivity index (χ1n) is 9.55. The summed E-state index contributed by atoms with van der Waals surface area (Å²) in [6, 6.07) is 9.97. The molecule has 0 unspecified atom stereocenters. The molecule has 2 aliphatic heterocycles. The summed E-state index contributed by atoms with van der Waals surface area (Å²) >= 11 is 0. The van der Waals surface area contributed by atoms with E-state index in [2.05, 4.69) is 40.1 Å². The molecule has 3 nitrogen and oxygen atoms in total. The monoisotopic (exact) mass is 324 g/mol. The molecule has 4 rings (SSSR count). The summed E-state index contributed by atoms with van der Waals surface area (Å²) in [5.41, 5.74) is 4.48. The van der Waals surface area contributed by atoms with E-state index in [9.17, 15) is 4.79 Å². The average Bonchev–Trinajstić information content (AvgIpc) is 2.80. The van der Waals surface area contributed by atoms with Gasteiger partial charge in [-0.1, -0.05) is 42.8 Å². The van der Waals surface area contributed by atoms with Crippen LogP contribution in [0.15, 0.2) is 29.8 Å². The number of carbonyl (C=O) groups is 1. The Kier molecular flexibility index (Phi) is 4.45. The molecule has 24 heavy (non-hydrogen) atoms. The lowest BCUT2D eigenvalue weighted by molar-refractivity contribution is -0.134. The fourth-order valence-corrected chi connectivity index (χ4v) is 4.74. The van der Waals surface area contributed by atoms with Gasteiger partial charge in [0, 0.05) is 38.1 Å². The lowest BCUT2D eigenvalue weighted by Gasteiger charge is -2.41. The van der Waals surface area contributed by atoms with E-state index in [-0.39, 0.29) is 0 Å². The minimum Gasteiger partial charge on any atom is -0.340 e. The van der Waals surface area contributed by atoms with Crippen LogP contribution in [-0.2, 0) is 11.2 Å². The SMILES string of the molecule is CCC(=O)N1C[C@H]2CC[C@@H](C1)N2CC1=Cc2ccccc2CCC1. The van der Waals surface area contributed by atoms with Crippen LogP contribution in [0.5, 0.6) is 0 Å². The molecular formula is C21H28N2O. The molecule has 2 atom stereocenters. The number of fused-ring (bicyclic) bond motifs is 3. The number of aryl methyl sites for hydroxylation is 1. The van der Waals surface area contributed by atoms with Crippen LogP contribution in [0.4, 0.5) is 0 Å². The molecule has 1 aliphatic carbocycles. The first-order valence-corrected chi connectivity index (χ1v) is 9.55. The molecule has 0 N–H and O–H groups in total. The van der Waals surface area contributed by atoms with Gasteiger partial charge < -0.3 is 4.90 Å². The molecule has 2 heterocycles. The molecule has 0 aromatic heterocycles. The number of nitrogens with zero attached hydrogens (tertiary/aromatic N) is 2. The van der Waals surface area contributed by atoms with Crippen molar-refractivity contribution in [3.8, 4) is 0 Å². The summed E-state index contributed by atoms with van der Waals surface area (Å²) in [7, 11) is 0. The third-order valence-corrected chi connectivity index (χ3v) is 6.03. The summed E-state index contributed by atoms with van der Waals surface area (Å²) in [4.78, 5) is 16.9. The van der Waals surface area contributed by atoms with E-state index in [0.29, 0.717) is 24.4 Å². The fraction of sp³-hybridized carbons (Fsp3) is 0.571. The third-order valence-electron chi connectivity index (χ3n) is 6.03. The molecule has 1 aromatic rings. The summed E-state index contributed by atoms with van der Waals surface area (Å²) < 4.78 is 0. The molecular weight excluding hydrogens is 296 g/mol. The predicted octanol–water partition coefficient (Wildman–Crippen LogP) is 3.49. The lowest BCUT2D eigenvalue weighted by Crippen LogP contribution is -2.55. The van der Waals surface area contributed by atoms with E-state index in [1.807, 2.05) is 6.92 Å². The summed E-state index contributed by atoms with van der Waals surface area (Å²) in [5, 5.41) is 0. The van der Waals surface area contributed by atoms with Crippen LogP contribution in [0.2, 0.25) is 0 Å². The van der Waals surface area contributed by atoms with Gasteiger partial charge in [0.1, 0.15) is 0 Å². The number of likely N-dealkylation sites (tertiary alicyclic amines) is 1. The van der Waals surface area contributed by atoms with Crippen molar-refractivity contribution < 1.29 is 4.79 Å². The van der Waals surface area contributed by atoms with Crippen molar-refractivity contribution in [1.82, 2.24) is 9.80 Å². The van der Waals surface area contributed by atoms with Crippen LogP contribution in [0, 0.1) is 0 Å². The summed E-state index contributed by atoms with van der Waals surface area (Å²) in [5.74, 6) is 0.328. The van der Waals surface area contributed by atoms with Gasteiger partial charge in [0.05, 0.1) is 0 Å². The predicted molar refractivity (Wildman–Crippen MR) is 97.7 cm³/mol. The summed E-state index contributed by atoms with van der Waals surface area (Å²) in [6.45, 7) is 4.95. The van der Waals surface area contributed by atoms with Crippen molar-refractivity contribution >= 4 is 12.0 Å². The molecule has 1 amide bonds. The Hall–Kier alpha value is -1.61. The standard InChI is InChI=1S/C21H28N2O/c1-2-21(24)22-14-19-10-11-20(15-22)23(19)13-16-6-5-9-17-7-3-4-8-18(17)12-16/h3-4,7-8,12,19-20H,2,5-6,9-11,13-15H2,1H3/t19-,20+. The molecule has 0 spiro atoms. The van der Waals surface area contributed by atoms with Crippen molar-refractivity contribution in [2.45, 2.75) is 57.5 Å². The Balaban J connectivity index is 1.49. The van der Waals surface area contributed by atoms with Crippen molar-refractivity contribution in [1.29, 1.82) is 0 Å². The second-order valence-corrected chi connectivity index (χ2v) is 7.56.